The molecule has 1 aromatic carbocycles. The summed E-state index contributed by atoms with van der Waals surface area (Å²) in [7, 11) is 0. The average Bonchev–Trinajstić information content (AvgIpc) is 2.82. The summed E-state index contributed by atoms with van der Waals surface area (Å²) < 4.78 is 1.11. The molecule has 2 aromatic rings. The van der Waals surface area contributed by atoms with E-state index in [2.05, 4.69) is 45.1 Å². The molecule has 0 N–H and O–H groups in total. The predicted molar refractivity (Wildman–Crippen MR) is 70.9 cm³/mol. The van der Waals surface area contributed by atoms with Gasteiger partial charge in [-0.15, -0.1) is 0 Å². The molecule has 16 heavy (non-hydrogen) atoms. The molecule has 2 heterocycles. The van der Waals surface area contributed by atoms with E-state index in [4.69, 9.17) is 4.98 Å². The lowest BCUT2D eigenvalue weighted by atomic mass is 10.2. The van der Waals surface area contributed by atoms with Crippen LogP contribution in [0.15, 0.2) is 34.8 Å². The molecule has 2 nitrogen and oxygen atoms in total. The van der Waals surface area contributed by atoms with Crippen LogP contribution >= 0.6 is 15.9 Å². The minimum atomic E-state index is 1.08. The number of halogens is 1. The quantitative estimate of drug-likeness (QED) is 0.791. The van der Waals surface area contributed by atoms with Crippen molar-refractivity contribution in [2.75, 3.05) is 18.0 Å². The molecule has 0 atom stereocenters. The van der Waals surface area contributed by atoms with Gasteiger partial charge in [-0.3, -0.25) is 0 Å². The Balaban J connectivity index is 2.05. The molecule has 0 saturated carbocycles. The Labute approximate surface area is 103 Å². The molecule has 1 aliphatic heterocycles. The zero-order valence-electron chi connectivity index (χ0n) is 8.99. The molecule has 3 heteroatoms. The fourth-order valence-electron chi connectivity index (χ4n) is 2.21. The molecule has 82 valence electrons. The van der Waals surface area contributed by atoms with Crippen LogP contribution in [0.4, 0.5) is 5.82 Å². The smallest absolute Gasteiger partial charge is 0.129 e. The number of hydrogen-bond donors (Lipinski definition) is 0. The van der Waals surface area contributed by atoms with Gasteiger partial charge in [-0.25, -0.2) is 4.98 Å². The maximum absolute atomic E-state index is 4.70. The molecule has 1 aromatic heterocycles. The van der Waals surface area contributed by atoms with E-state index in [1.807, 2.05) is 6.07 Å². The molecule has 1 aliphatic rings. The number of pyridine rings is 1. The number of anilines is 1. The number of hydrogen-bond acceptors (Lipinski definition) is 2. The molecule has 0 amide bonds. The van der Waals surface area contributed by atoms with Gasteiger partial charge in [-0.1, -0.05) is 15.9 Å². The van der Waals surface area contributed by atoms with Crippen LogP contribution in [0, 0.1) is 0 Å². The van der Waals surface area contributed by atoms with Crippen molar-refractivity contribution in [2.45, 2.75) is 12.8 Å². The van der Waals surface area contributed by atoms with Crippen LogP contribution in [0.25, 0.3) is 10.9 Å². The van der Waals surface area contributed by atoms with Gasteiger partial charge in [0, 0.05) is 22.9 Å². The fourth-order valence-corrected chi connectivity index (χ4v) is 2.59. The lowest BCUT2D eigenvalue weighted by Crippen LogP contribution is -2.18. The monoisotopic (exact) mass is 276 g/mol. The number of rotatable bonds is 1. The molecular formula is C13H13BrN2. The minimum Gasteiger partial charge on any atom is -0.357 e. The van der Waals surface area contributed by atoms with Crippen molar-refractivity contribution in [3.05, 3.63) is 34.8 Å². The minimum absolute atomic E-state index is 1.08. The largest absolute Gasteiger partial charge is 0.357 e. The van der Waals surface area contributed by atoms with Gasteiger partial charge in [0.15, 0.2) is 0 Å². The number of fused-ring (bicyclic) bond motifs is 1. The summed E-state index contributed by atoms with van der Waals surface area (Å²) in [5.41, 5.74) is 1.08. The maximum atomic E-state index is 4.70. The highest BCUT2D eigenvalue weighted by molar-refractivity contribution is 9.10. The second-order valence-electron chi connectivity index (χ2n) is 4.20. The maximum Gasteiger partial charge on any atom is 0.129 e. The summed E-state index contributed by atoms with van der Waals surface area (Å²) in [5.74, 6) is 1.12. The van der Waals surface area contributed by atoms with E-state index in [1.54, 1.807) is 0 Å². The lowest BCUT2D eigenvalue weighted by Gasteiger charge is -2.16. The van der Waals surface area contributed by atoms with E-state index in [-0.39, 0.29) is 0 Å². The summed E-state index contributed by atoms with van der Waals surface area (Å²) in [5, 5.41) is 1.19. The Bertz CT molecular complexity index is 518. The van der Waals surface area contributed by atoms with Crippen LogP contribution in [0.3, 0.4) is 0 Å². The molecule has 3 rings (SSSR count). The van der Waals surface area contributed by atoms with Gasteiger partial charge in [0.1, 0.15) is 5.82 Å². The predicted octanol–water partition coefficient (Wildman–Crippen LogP) is 3.60. The number of nitrogens with zero attached hydrogens (tertiary/aromatic N) is 2. The molecule has 0 bridgehead atoms. The zero-order chi connectivity index (χ0) is 11.0. The summed E-state index contributed by atoms with van der Waals surface area (Å²) in [6.45, 7) is 2.30. The van der Waals surface area contributed by atoms with E-state index in [0.717, 1.165) is 28.9 Å². The van der Waals surface area contributed by atoms with Crippen LogP contribution in [0.2, 0.25) is 0 Å². The third-order valence-electron chi connectivity index (χ3n) is 3.07. The summed E-state index contributed by atoms with van der Waals surface area (Å²) in [6, 6.07) is 10.5. The molecule has 0 aliphatic carbocycles. The Kier molecular flexibility index (Phi) is 2.56. The first-order valence-electron chi connectivity index (χ1n) is 5.64. The van der Waals surface area contributed by atoms with E-state index in [0.29, 0.717) is 0 Å². The third kappa shape index (κ3) is 1.80. The molecule has 0 radical (unpaired) electrons. The summed E-state index contributed by atoms with van der Waals surface area (Å²) >= 11 is 3.48. The van der Waals surface area contributed by atoms with Gasteiger partial charge < -0.3 is 4.90 Å². The summed E-state index contributed by atoms with van der Waals surface area (Å²) in [4.78, 5) is 7.07. The SMILES string of the molecule is Brc1ccc2nc(N3CCCC3)ccc2c1. The van der Waals surface area contributed by atoms with E-state index in [9.17, 15) is 0 Å². The van der Waals surface area contributed by atoms with Gasteiger partial charge >= 0.3 is 0 Å². The molecule has 0 spiro atoms. The van der Waals surface area contributed by atoms with Crippen molar-refractivity contribution < 1.29 is 0 Å². The highest BCUT2D eigenvalue weighted by Gasteiger charge is 2.13. The summed E-state index contributed by atoms with van der Waals surface area (Å²) in [6.07, 6.45) is 2.58. The van der Waals surface area contributed by atoms with Gasteiger partial charge in [0.05, 0.1) is 5.52 Å². The van der Waals surface area contributed by atoms with Crippen molar-refractivity contribution in [1.29, 1.82) is 0 Å². The normalized spacial score (nSPS) is 15.9. The van der Waals surface area contributed by atoms with E-state index in [1.165, 1.54) is 18.2 Å². The Morgan fingerprint density at radius 1 is 1.06 bits per heavy atom. The molecular weight excluding hydrogens is 264 g/mol. The van der Waals surface area contributed by atoms with Crippen molar-refractivity contribution in [3.8, 4) is 0 Å². The fraction of sp³-hybridized carbons (Fsp3) is 0.308. The second kappa shape index (κ2) is 4.06. The van der Waals surface area contributed by atoms with Crippen LogP contribution in [-0.2, 0) is 0 Å². The first-order valence-corrected chi connectivity index (χ1v) is 6.43. The van der Waals surface area contributed by atoms with Gasteiger partial charge in [0.25, 0.3) is 0 Å². The van der Waals surface area contributed by atoms with E-state index < -0.39 is 0 Å². The number of aromatic nitrogens is 1. The van der Waals surface area contributed by atoms with Crippen LogP contribution < -0.4 is 4.90 Å². The molecule has 0 unspecified atom stereocenters. The first-order chi connectivity index (χ1) is 7.83. The van der Waals surface area contributed by atoms with Crippen molar-refractivity contribution >= 4 is 32.7 Å². The highest BCUT2D eigenvalue weighted by atomic mass is 79.9. The van der Waals surface area contributed by atoms with Crippen molar-refractivity contribution in [3.63, 3.8) is 0 Å². The van der Waals surface area contributed by atoms with Gasteiger partial charge in [0.2, 0.25) is 0 Å². The van der Waals surface area contributed by atoms with Gasteiger partial charge in [-0.05, 0) is 43.2 Å². The van der Waals surface area contributed by atoms with Crippen LogP contribution in [-0.4, -0.2) is 18.1 Å². The van der Waals surface area contributed by atoms with Crippen molar-refractivity contribution in [1.82, 2.24) is 4.98 Å². The van der Waals surface area contributed by atoms with Crippen LogP contribution in [0.5, 0.6) is 0 Å². The van der Waals surface area contributed by atoms with Crippen LogP contribution in [0.1, 0.15) is 12.8 Å². The second-order valence-corrected chi connectivity index (χ2v) is 5.12. The zero-order valence-corrected chi connectivity index (χ0v) is 10.6. The van der Waals surface area contributed by atoms with Gasteiger partial charge in [-0.2, -0.15) is 0 Å². The molecule has 1 fully saturated rings. The van der Waals surface area contributed by atoms with E-state index >= 15 is 0 Å². The Hall–Kier alpha value is -1.09. The number of benzene rings is 1. The average molecular weight is 277 g/mol. The highest BCUT2D eigenvalue weighted by Crippen LogP contribution is 2.23. The first kappa shape index (κ1) is 10.1. The Morgan fingerprint density at radius 2 is 1.88 bits per heavy atom. The Morgan fingerprint density at radius 3 is 2.69 bits per heavy atom. The lowest BCUT2D eigenvalue weighted by molar-refractivity contribution is 0.944. The standard InChI is InChI=1S/C13H13BrN2/c14-11-4-5-12-10(9-11)3-6-13(15-12)16-7-1-2-8-16/h3-6,9H,1-2,7-8H2. The topological polar surface area (TPSA) is 16.1 Å². The molecule has 1 saturated heterocycles. The van der Waals surface area contributed by atoms with Crippen molar-refractivity contribution in [2.24, 2.45) is 0 Å². The third-order valence-corrected chi connectivity index (χ3v) is 3.56.